The normalized spacial score (nSPS) is 21.4. The van der Waals surface area contributed by atoms with E-state index >= 15 is 0 Å². The Bertz CT molecular complexity index is 471. The number of amides is 1. The van der Waals surface area contributed by atoms with E-state index in [0.29, 0.717) is 0 Å². The van der Waals surface area contributed by atoms with Crippen molar-refractivity contribution in [2.45, 2.75) is 12.3 Å². The number of rotatable bonds is 4. The molecule has 0 bridgehead atoms. The Morgan fingerprint density at radius 3 is 2.56 bits per heavy atom. The van der Waals surface area contributed by atoms with Gasteiger partial charge in [0, 0.05) is 25.1 Å². The Balaban J connectivity index is 2.03. The van der Waals surface area contributed by atoms with E-state index in [-0.39, 0.29) is 23.4 Å². The number of non-ortho nitro benzene ring substituents is 1. The van der Waals surface area contributed by atoms with Gasteiger partial charge in [0.15, 0.2) is 0 Å². The molecule has 0 N–H and O–H groups in total. The highest BCUT2D eigenvalue weighted by atomic mass is 16.7. The number of hydroxylamine groups is 2. The quantitative estimate of drug-likeness (QED) is 0.602. The molecule has 1 aliphatic carbocycles. The molecule has 0 unspecified atom stereocenters. The summed E-state index contributed by atoms with van der Waals surface area (Å²) in [6.07, 6.45) is 0.768. The maximum atomic E-state index is 11.8. The molecule has 96 valence electrons. The molecule has 0 aliphatic heterocycles. The zero-order valence-corrected chi connectivity index (χ0v) is 10.2. The van der Waals surface area contributed by atoms with Crippen LogP contribution >= 0.6 is 0 Å². The third-order valence-corrected chi connectivity index (χ3v) is 3.22. The second kappa shape index (κ2) is 4.73. The molecule has 0 aromatic heterocycles. The predicted octanol–water partition coefficient (Wildman–Crippen LogP) is 1.72. The van der Waals surface area contributed by atoms with Gasteiger partial charge in [-0.25, -0.2) is 5.06 Å². The molecule has 1 aromatic carbocycles. The Morgan fingerprint density at radius 2 is 2.06 bits per heavy atom. The fourth-order valence-corrected chi connectivity index (χ4v) is 2.00. The maximum absolute atomic E-state index is 11.8. The van der Waals surface area contributed by atoms with Gasteiger partial charge >= 0.3 is 0 Å². The average molecular weight is 250 g/mol. The molecule has 6 nitrogen and oxygen atoms in total. The monoisotopic (exact) mass is 250 g/mol. The van der Waals surface area contributed by atoms with Crippen molar-refractivity contribution in [1.29, 1.82) is 0 Å². The van der Waals surface area contributed by atoms with Crippen molar-refractivity contribution in [2.75, 3.05) is 14.2 Å². The summed E-state index contributed by atoms with van der Waals surface area (Å²) >= 11 is 0. The van der Waals surface area contributed by atoms with Crippen molar-refractivity contribution in [3.63, 3.8) is 0 Å². The van der Waals surface area contributed by atoms with Gasteiger partial charge in [-0.2, -0.15) is 0 Å². The molecule has 1 saturated carbocycles. The first-order chi connectivity index (χ1) is 8.54. The number of carbonyl (C=O) groups excluding carboxylic acids is 1. The van der Waals surface area contributed by atoms with Gasteiger partial charge < -0.3 is 0 Å². The lowest BCUT2D eigenvalue weighted by atomic mass is 10.1. The van der Waals surface area contributed by atoms with Gasteiger partial charge in [0.05, 0.1) is 12.0 Å². The van der Waals surface area contributed by atoms with Crippen LogP contribution in [0.1, 0.15) is 17.9 Å². The number of nitrogens with zero attached hydrogens (tertiary/aromatic N) is 2. The van der Waals surface area contributed by atoms with Gasteiger partial charge in [-0.05, 0) is 17.9 Å². The fraction of sp³-hybridized carbons (Fsp3) is 0.417. The van der Waals surface area contributed by atoms with E-state index in [9.17, 15) is 14.9 Å². The van der Waals surface area contributed by atoms with Gasteiger partial charge in [0.2, 0.25) is 5.91 Å². The van der Waals surface area contributed by atoms with E-state index in [1.807, 2.05) is 0 Å². The smallest absolute Gasteiger partial charge is 0.269 e. The third kappa shape index (κ3) is 2.33. The Labute approximate surface area is 104 Å². The summed E-state index contributed by atoms with van der Waals surface area (Å²) in [5, 5.41) is 11.7. The van der Waals surface area contributed by atoms with E-state index in [4.69, 9.17) is 4.84 Å². The molecule has 0 heterocycles. The maximum Gasteiger partial charge on any atom is 0.269 e. The van der Waals surface area contributed by atoms with Crippen LogP contribution in [0.2, 0.25) is 0 Å². The first-order valence-corrected chi connectivity index (χ1v) is 5.60. The second-order valence-corrected chi connectivity index (χ2v) is 4.32. The van der Waals surface area contributed by atoms with Gasteiger partial charge in [0.25, 0.3) is 5.69 Å². The van der Waals surface area contributed by atoms with Crippen molar-refractivity contribution >= 4 is 11.6 Å². The lowest BCUT2D eigenvalue weighted by Gasteiger charge is -2.13. The zero-order valence-electron chi connectivity index (χ0n) is 10.2. The number of nitro benzene ring substituents is 1. The average Bonchev–Trinajstić information content (AvgIpc) is 3.17. The van der Waals surface area contributed by atoms with Crippen LogP contribution < -0.4 is 0 Å². The minimum atomic E-state index is -0.433. The van der Waals surface area contributed by atoms with Crippen LogP contribution in [0.15, 0.2) is 24.3 Å². The molecule has 1 aromatic rings. The summed E-state index contributed by atoms with van der Waals surface area (Å²) in [5.41, 5.74) is 1.03. The number of nitro groups is 1. The SMILES string of the molecule is CON(C)C(=O)[C@H]1C[C@@H]1c1ccc([N+](=O)[O-])cc1. The lowest BCUT2D eigenvalue weighted by molar-refractivity contribution is -0.384. The Hall–Kier alpha value is -1.95. The minimum Gasteiger partial charge on any atom is -0.275 e. The van der Waals surface area contributed by atoms with Crippen molar-refractivity contribution in [3.05, 3.63) is 39.9 Å². The molecule has 0 spiro atoms. The number of hydrogen-bond acceptors (Lipinski definition) is 4. The summed E-state index contributed by atoms with van der Waals surface area (Å²) < 4.78 is 0. The van der Waals surface area contributed by atoms with E-state index in [1.54, 1.807) is 19.2 Å². The summed E-state index contributed by atoms with van der Waals surface area (Å²) in [4.78, 5) is 26.7. The van der Waals surface area contributed by atoms with Gasteiger partial charge in [-0.15, -0.1) is 0 Å². The molecule has 1 fully saturated rings. The zero-order chi connectivity index (χ0) is 13.3. The van der Waals surface area contributed by atoms with Crippen LogP contribution in [0.5, 0.6) is 0 Å². The molecular formula is C12H14N2O4. The predicted molar refractivity (Wildman–Crippen MR) is 63.7 cm³/mol. The number of hydrogen-bond donors (Lipinski definition) is 0. The number of benzene rings is 1. The molecule has 18 heavy (non-hydrogen) atoms. The van der Waals surface area contributed by atoms with Crippen LogP contribution in [0.25, 0.3) is 0 Å². The van der Waals surface area contributed by atoms with Crippen LogP contribution in [-0.4, -0.2) is 30.1 Å². The highest BCUT2D eigenvalue weighted by Gasteiger charge is 2.45. The molecular weight excluding hydrogens is 236 g/mol. The standard InChI is InChI=1S/C12H14N2O4/c1-13(18-2)12(15)11-7-10(11)8-3-5-9(6-4-8)14(16)17/h3-6,10-11H,7H2,1-2H3/t10-,11+/m1/s1. The van der Waals surface area contributed by atoms with Crippen molar-refractivity contribution < 1.29 is 14.6 Å². The Morgan fingerprint density at radius 1 is 1.44 bits per heavy atom. The molecule has 0 saturated heterocycles. The first kappa shape index (κ1) is 12.5. The highest BCUT2D eigenvalue weighted by Crippen LogP contribution is 2.48. The van der Waals surface area contributed by atoms with E-state index < -0.39 is 4.92 Å². The van der Waals surface area contributed by atoms with Gasteiger partial charge in [0.1, 0.15) is 0 Å². The first-order valence-electron chi connectivity index (χ1n) is 5.60. The lowest BCUT2D eigenvalue weighted by Crippen LogP contribution is -2.27. The van der Waals surface area contributed by atoms with Crippen molar-refractivity contribution in [2.24, 2.45) is 5.92 Å². The fourth-order valence-electron chi connectivity index (χ4n) is 2.00. The second-order valence-electron chi connectivity index (χ2n) is 4.32. The highest BCUT2D eigenvalue weighted by molar-refractivity contribution is 5.81. The topological polar surface area (TPSA) is 72.7 Å². The summed E-state index contributed by atoms with van der Waals surface area (Å²) in [7, 11) is 3.02. The van der Waals surface area contributed by atoms with E-state index in [2.05, 4.69) is 0 Å². The summed E-state index contributed by atoms with van der Waals surface area (Å²) in [6.45, 7) is 0. The molecule has 0 radical (unpaired) electrons. The van der Waals surface area contributed by atoms with E-state index in [1.165, 1.54) is 24.3 Å². The van der Waals surface area contributed by atoms with Crippen LogP contribution in [0.4, 0.5) is 5.69 Å². The van der Waals surface area contributed by atoms with Crippen molar-refractivity contribution in [3.8, 4) is 0 Å². The summed E-state index contributed by atoms with van der Waals surface area (Å²) in [6, 6.07) is 6.36. The number of carbonyl (C=O) groups is 1. The molecule has 1 aliphatic rings. The minimum absolute atomic E-state index is 0.0548. The van der Waals surface area contributed by atoms with E-state index in [0.717, 1.165) is 12.0 Å². The molecule has 1 amide bonds. The van der Waals surface area contributed by atoms with Gasteiger partial charge in [-0.3, -0.25) is 19.7 Å². The largest absolute Gasteiger partial charge is 0.275 e. The van der Waals surface area contributed by atoms with Crippen LogP contribution in [0, 0.1) is 16.0 Å². The summed E-state index contributed by atoms with van der Waals surface area (Å²) in [5.74, 6) is 0.0214. The molecule has 2 rings (SSSR count). The Kier molecular flexibility index (Phi) is 3.29. The van der Waals surface area contributed by atoms with Crippen LogP contribution in [0.3, 0.4) is 0 Å². The van der Waals surface area contributed by atoms with Crippen molar-refractivity contribution in [1.82, 2.24) is 5.06 Å². The third-order valence-electron chi connectivity index (χ3n) is 3.22. The van der Waals surface area contributed by atoms with Crippen LogP contribution in [-0.2, 0) is 9.63 Å². The van der Waals surface area contributed by atoms with Gasteiger partial charge in [-0.1, -0.05) is 12.1 Å². The molecule has 6 heteroatoms. The molecule has 2 atom stereocenters.